The lowest BCUT2D eigenvalue weighted by Crippen LogP contribution is -2.10. The van der Waals surface area contributed by atoms with Crippen LogP contribution in [0.1, 0.15) is 65.5 Å². The zero-order chi connectivity index (χ0) is 38.4. The number of imidazole rings is 2. The van der Waals surface area contributed by atoms with Gasteiger partial charge in [0.05, 0.1) is 36.4 Å². The molecule has 0 saturated carbocycles. The molecule has 0 fully saturated rings. The van der Waals surface area contributed by atoms with Crippen molar-refractivity contribution in [3.8, 4) is 34.0 Å². The highest BCUT2D eigenvalue weighted by molar-refractivity contribution is 9.08. The van der Waals surface area contributed by atoms with E-state index in [4.69, 9.17) is 27.9 Å². The second-order valence-electron chi connectivity index (χ2n) is 15.3. The Hall–Kier alpha value is -4.04. The Labute approximate surface area is 333 Å². The lowest BCUT2D eigenvalue weighted by molar-refractivity contribution is 0.307. The molecule has 0 saturated heterocycles. The number of ether oxygens (including phenoxy) is 1. The summed E-state index contributed by atoms with van der Waals surface area (Å²) in [5.74, 6) is 1.16. The summed E-state index contributed by atoms with van der Waals surface area (Å²) in [6.45, 7) is 15.8. The van der Waals surface area contributed by atoms with Crippen LogP contribution in [0.25, 0.3) is 22.5 Å². The van der Waals surface area contributed by atoms with Crippen molar-refractivity contribution in [3.05, 3.63) is 143 Å². The second-order valence-corrected chi connectivity index (χ2v) is 16.7. The van der Waals surface area contributed by atoms with Crippen LogP contribution in [0.2, 0.25) is 10.0 Å². The molecule has 0 aliphatic rings. The van der Waals surface area contributed by atoms with E-state index in [9.17, 15) is 5.11 Å². The van der Waals surface area contributed by atoms with Crippen LogP contribution in [-0.2, 0) is 25.0 Å². The number of phenolic OH excluding ortho intramolecular Hbond substituents is 1. The maximum absolute atomic E-state index is 9.89. The number of benzene rings is 4. The number of alkyl halides is 1. The summed E-state index contributed by atoms with van der Waals surface area (Å²) in [4.78, 5) is 8.55. The number of aryl methyl sites for hydroxylation is 2. The van der Waals surface area contributed by atoms with E-state index in [0.29, 0.717) is 17.8 Å². The highest BCUT2D eigenvalue weighted by atomic mass is 79.9. The summed E-state index contributed by atoms with van der Waals surface area (Å²) in [6.07, 6.45) is 9.60. The second kappa shape index (κ2) is 19.9. The van der Waals surface area contributed by atoms with Gasteiger partial charge in [-0.05, 0) is 83.3 Å². The number of aromatic nitrogens is 4. The lowest BCUT2D eigenvalue weighted by atomic mass is 9.92. The van der Waals surface area contributed by atoms with E-state index in [1.165, 1.54) is 5.56 Å². The Kier molecular flexibility index (Phi) is 15.6. The molecule has 0 radical (unpaired) electrons. The average Bonchev–Trinajstić information content (AvgIpc) is 3.80. The molecule has 4 aromatic carbocycles. The molecule has 0 unspecified atom stereocenters. The number of aromatic hydroxyl groups is 1. The fraction of sp³-hybridized carbons (Fsp3) is 0.318. The minimum atomic E-state index is 0.284. The summed E-state index contributed by atoms with van der Waals surface area (Å²) in [5, 5.41) is 12.3. The Bertz CT molecular complexity index is 1970. The van der Waals surface area contributed by atoms with Crippen LogP contribution in [0.5, 0.6) is 11.5 Å². The van der Waals surface area contributed by atoms with Gasteiger partial charge in [0, 0.05) is 39.6 Å². The topological polar surface area (TPSA) is 65.1 Å². The fourth-order valence-electron chi connectivity index (χ4n) is 5.17. The number of phenols is 1. The fourth-order valence-corrected chi connectivity index (χ4v) is 5.79. The van der Waals surface area contributed by atoms with Gasteiger partial charge >= 0.3 is 0 Å². The zero-order valence-electron chi connectivity index (χ0n) is 31.6. The molecule has 2 aromatic heterocycles. The monoisotopic (exact) mass is 816 g/mol. The van der Waals surface area contributed by atoms with Gasteiger partial charge in [0.1, 0.15) is 18.1 Å². The van der Waals surface area contributed by atoms with Crippen molar-refractivity contribution in [2.24, 2.45) is 10.8 Å². The molecule has 53 heavy (non-hydrogen) atoms. The number of nitrogens with zero attached hydrogens (tertiary/aromatic N) is 4. The minimum absolute atomic E-state index is 0.284. The van der Waals surface area contributed by atoms with Crippen molar-refractivity contribution in [2.45, 2.75) is 79.4 Å². The van der Waals surface area contributed by atoms with Gasteiger partial charge in [-0.1, -0.05) is 129 Å². The molecule has 9 heteroatoms. The predicted octanol–water partition coefficient (Wildman–Crippen LogP) is 13.1. The van der Waals surface area contributed by atoms with Gasteiger partial charge in [0.25, 0.3) is 0 Å². The smallest absolute Gasteiger partial charge is 0.129 e. The van der Waals surface area contributed by atoms with Crippen LogP contribution in [0.15, 0.2) is 122 Å². The Morgan fingerprint density at radius 1 is 0.623 bits per heavy atom. The van der Waals surface area contributed by atoms with Crippen LogP contribution < -0.4 is 4.74 Å². The van der Waals surface area contributed by atoms with Gasteiger partial charge in [-0.15, -0.1) is 0 Å². The van der Waals surface area contributed by atoms with Crippen molar-refractivity contribution in [1.82, 2.24) is 19.1 Å². The average molecular weight is 819 g/mol. The van der Waals surface area contributed by atoms with Crippen molar-refractivity contribution in [3.63, 3.8) is 0 Å². The Morgan fingerprint density at radius 3 is 1.57 bits per heavy atom. The molecule has 6 aromatic rings. The van der Waals surface area contributed by atoms with E-state index in [-0.39, 0.29) is 5.41 Å². The van der Waals surface area contributed by atoms with E-state index in [0.717, 1.165) is 75.1 Å². The third-order valence-electron chi connectivity index (χ3n) is 8.35. The van der Waals surface area contributed by atoms with Crippen molar-refractivity contribution in [2.75, 3.05) is 0 Å². The summed E-state index contributed by atoms with van der Waals surface area (Å²) < 4.78 is 10.4. The molecule has 6 nitrogen and oxygen atoms in total. The standard InChI is InChI=1S/C22H25ClN2O.C15H20N2O.C7H6BrCl/c1-22(2,3)12-13-25-16-24-14-20(25)19-6-4-5-7-21(19)26-15-17-8-10-18(23)11-9-17;1-15(2,3)8-9-17-11-16-10-13(17)12-6-4-5-7-14(12)18;8-5-6-1-3-7(9)4-2-6/h4-11,14,16H,12-13,15H2,1-3H3;4-7,10-11,18H,8-9H2,1-3H3;1-4H,5H2. The first-order valence-electron chi connectivity index (χ1n) is 17.8. The molecule has 0 aliphatic heterocycles. The van der Waals surface area contributed by atoms with Gasteiger partial charge in [0.15, 0.2) is 0 Å². The zero-order valence-corrected chi connectivity index (χ0v) is 34.7. The highest BCUT2D eigenvalue weighted by Gasteiger charge is 2.15. The summed E-state index contributed by atoms with van der Waals surface area (Å²) in [6, 6.07) is 31.0. The Morgan fingerprint density at radius 2 is 1.08 bits per heavy atom. The molecule has 0 bridgehead atoms. The molecule has 2 heterocycles. The van der Waals surface area contributed by atoms with E-state index in [2.05, 4.69) is 82.6 Å². The molecule has 0 atom stereocenters. The van der Waals surface area contributed by atoms with Crippen LogP contribution in [-0.4, -0.2) is 24.2 Å². The molecular weight excluding hydrogens is 767 g/mol. The van der Waals surface area contributed by atoms with Crippen molar-refractivity contribution >= 4 is 39.1 Å². The SMILES string of the molecule is CC(C)(C)CCn1cncc1-c1ccccc1O.CC(C)(C)CCn1cncc1-c1ccccc1OCc1ccc(Cl)cc1.Clc1ccc(CBr)cc1. The van der Waals surface area contributed by atoms with Crippen LogP contribution in [0.3, 0.4) is 0 Å². The number of hydrogen-bond acceptors (Lipinski definition) is 4. The minimum Gasteiger partial charge on any atom is -0.507 e. The summed E-state index contributed by atoms with van der Waals surface area (Å²) >= 11 is 14.9. The van der Waals surface area contributed by atoms with Crippen LogP contribution in [0, 0.1) is 10.8 Å². The first-order valence-corrected chi connectivity index (χ1v) is 19.7. The number of para-hydroxylation sites is 2. The summed E-state index contributed by atoms with van der Waals surface area (Å²) in [7, 11) is 0. The molecular formula is C44H51BrCl2N4O2. The third-order valence-corrected chi connectivity index (χ3v) is 9.50. The Balaban J connectivity index is 0.000000200. The quantitative estimate of drug-likeness (QED) is 0.140. The van der Waals surface area contributed by atoms with Gasteiger partial charge < -0.3 is 19.0 Å². The first-order chi connectivity index (χ1) is 25.2. The van der Waals surface area contributed by atoms with Crippen molar-refractivity contribution < 1.29 is 9.84 Å². The number of hydrogen-bond donors (Lipinski definition) is 1. The van der Waals surface area contributed by atoms with Crippen LogP contribution >= 0.6 is 39.1 Å². The number of rotatable bonds is 10. The molecule has 280 valence electrons. The highest BCUT2D eigenvalue weighted by Crippen LogP contribution is 2.32. The first kappa shape index (κ1) is 41.7. The van der Waals surface area contributed by atoms with Crippen molar-refractivity contribution in [1.29, 1.82) is 0 Å². The molecule has 0 aliphatic carbocycles. The van der Waals surface area contributed by atoms with E-state index < -0.39 is 0 Å². The largest absolute Gasteiger partial charge is 0.507 e. The maximum atomic E-state index is 9.89. The van der Waals surface area contributed by atoms with E-state index >= 15 is 0 Å². The molecule has 0 spiro atoms. The lowest BCUT2D eigenvalue weighted by Gasteiger charge is -2.19. The normalized spacial score (nSPS) is 11.3. The maximum Gasteiger partial charge on any atom is 0.129 e. The van der Waals surface area contributed by atoms with E-state index in [1.807, 2.05) is 104 Å². The van der Waals surface area contributed by atoms with Gasteiger partial charge in [-0.25, -0.2) is 9.97 Å². The number of halogens is 3. The van der Waals surface area contributed by atoms with E-state index in [1.54, 1.807) is 12.3 Å². The van der Waals surface area contributed by atoms with Crippen LogP contribution in [0.4, 0.5) is 0 Å². The van der Waals surface area contributed by atoms with Gasteiger partial charge in [-0.3, -0.25) is 0 Å². The summed E-state index contributed by atoms with van der Waals surface area (Å²) in [5.41, 5.74) is 6.87. The van der Waals surface area contributed by atoms with Gasteiger partial charge in [-0.2, -0.15) is 0 Å². The third kappa shape index (κ3) is 14.0. The molecule has 6 rings (SSSR count). The van der Waals surface area contributed by atoms with Gasteiger partial charge in [0.2, 0.25) is 0 Å². The molecule has 0 amide bonds. The predicted molar refractivity (Wildman–Crippen MR) is 225 cm³/mol. The molecule has 1 N–H and O–H groups in total.